The third-order valence-electron chi connectivity index (χ3n) is 3.62. The quantitative estimate of drug-likeness (QED) is 0.786. The molecule has 0 bridgehead atoms. The van der Waals surface area contributed by atoms with Crippen LogP contribution >= 0.6 is 0 Å². The number of rotatable bonds is 7. The smallest absolute Gasteiger partial charge is 0.407 e. The molecular weight excluding hydrogens is 288 g/mol. The number of carbonyl (C=O) groups excluding carboxylic acids is 1. The van der Waals surface area contributed by atoms with Gasteiger partial charge in [0.1, 0.15) is 5.60 Å². The standard InChI is InChI=1S/C19H32N2O2/c1-7-17(16-10-8-14(2)9-11-16)20-13-12-15(3)21-18(22)23-19(4,5)6/h8-11,15,17,20H,7,12-13H2,1-6H3,(H,21,22). The molecule has 0 aliphatic heterocycles. The zero-order valence-electron chi connectivity index (χ0n) is 15.4. The molecule has 23 heavy (non-hydrogen) atoms. The van der Waals surface area contributed by atoms with Crippen LogP contribution < -0.4 is 10.6 Å². The van der Waals surface area contributed by atoms with E-state index in [0.29, 0.717) is 6.04 Å². The van der Waals surface area contributed by atoms with Crippen LogP contribution in [-0.4, -0.2) is 24.3 Å². The summed E-state index contributed by atoms with van der Waals surface area (Å²) in [4.78, 5) is 11.7. The average Bonchev–Trinajstić information content (AvgIpc) is 2.42. The summed E-state index contributed by atoms with van der Waals surface area (Å²) in [5.41, 5.74) is 2.13. The SMILES string of the molecule is CCC(NCCC(C)NC(=O)OC(C)(C)C)c1ccc(C)cc1. The van der Waals surface area contributed by atoms with Gasteiger partial charge in [-0.05, 0) is 59.6 Å². The molecule has 0 saturated carbocycles. The molecule has 2 N–H and O–H groups in total. The van der Waals surface area contributed by atoms with Gasteiger partial charge in [0.2, 0.25) is 0 Å². The number of hydrogen-bond acceptors (Lipinski definition) is 3. The highest BCUT2D eigenvalue weighted by molar-refractivity contribution is 5.67. The molecule has 130 valence electrons. The maximum absolute atomic E-state index is 11.7. The maximum Gasteiger partial charge on any atom is 0.407 e. The van der Waals surface area contributed by atoms with Crippen LogP contribution in [0.3, 0.4) is 0 Å². The minimum atomic E-state index is -0.458. The van der Waals surface area contributed by atoms with Crippen LogP contribution in [0.15, 0.2) is 24.3 Å². The van der Waals surface area contributed by atoms with Crippen molar-refractivity contribution in [3.8, 4) is 0 Å². The van der Waals surface area contributed by atoms with Gasteiger partial charge in [0.25, 0.3) is 0 Å². The van der Waals surface area contributed by atoms with Gasteiger partial charge < -0.3 is 15.4 Å². The Bertz CT molecular complexity index is 477. The van der Waals surface area contributed by atoms with E-state index < -0.39 is 5.60 Å². The monoisotopic (exact) mass is 320 g/mol. The molecule has 2 unspecified atom stereocenters. The van der Waals surface area contributed by atoms with E-state index in [-0.39, 0.29) is 12.1 Å². The van der Waals surface area contributed by atoms with Crippen molar-refractivity contribution < 1.29 is 9.53 Å². The summed E-state index contributed by atoms with van der Waals surface area (Å²) in [7, 11) is 0. The first-order valence-electron chi connectivity index (χ1n) is 8.50. The molecule has 4 nitrogen and oxygen atoms in total. The van der Waals surface area contributed by atoms with Crippen molar-refractivity contribution in [2.24, 2.45) is 0 Å². The first-order valence-corrected chi connectivity index (χ1v) is 8.50. The van der Waals surface area contributed by atoms with Crippen molar-refractivity contribution in [2.45, 2.75) is 72.1 Å². The number of alkyl carbamates (subject to hydrolysis) is 1. The largest absolute Gasteiger partial charge is 0.444 e. The van der Waals surface area contributed by atoms with Gasteiger partial charge in [-0.25, -0.2) is 4.79 Å². The van der Waals surface area contributed by atoms with Crippen LogP contribution in [0.25, 0.3) is 0 Å². The number of benzene rings is 1. The van der Waals surface area contributed by atoms with Crippen molar-refractivity contribution in [3.05, 3.63) is 35.4 Å². The highest BCUT2D eigenvalue weighted by Crippen LogP contribution is 2.17. The lowest BCUT2D eigenvalue weighted by atomic mass is 10.0. The molecule has 1 aromatic carbocycles. The summed E-state index contributed by atoms with van der Waals surface area (Å²) in [5.74, 6) is 0. The van der Waals surface area contributed by atoms with E-state index in [4.69, 9.17) is 4.74 Å². The van der Waals surface area contributed by atoms with E-state index in [9.17, 15) is 4.79 Å². The van der Waals surface area contributed by atoms with E-state index in [1.807, 2.05) is 27.7 Å². The number of hydrogen-bond donors (Lipinski definition) is 2. The Morgan fingerprint density at radius 1 is 1.22 bits per heavy atom. The van der Waals surface area contributed by atoms with Gasteiger partial charge in [-0.2, -0.15) is 0 Å². The Balaban J connectivity index is 2.36. The molecular formula is C19H32N2O2. The van der Waals surface area contributed by atoms with Crippen molar-refractivity contribution >= 4 is 6.09 Å². The summed E-state index contributed by atoms with van der Waals surface area (Å²) < 4.78 is 5.27. The summed E-state index contributed by atoms with van der Waals surface area (Å²) in [6, 6.07) is 9.08. The molecule has 0 heterocycles. The van der Waals surface area contributed by atoms with Crippen molar-refractivity contribution in [3.63, 3.8) is 0 Å². The molecule has 4 heteroatoms. The van der Waals surface area contributed by atoms with Crippen LogP contribution in [0.4, 0.5) is 4.79 Å². The van der Waals surface area contributed by atoms with Crippen LogP contribution in [0.2, 0.25) is 0 Å². The van der Waals surface area contributed by atoms with Crippen molar-refractivity contribution in [1.29, 1.82) is 0 Å². The van der Waals surface area contributed by atoms with E-state index in [0.717, 1.165) is 19.4 Å². The van der Waals surface area contributed by atoms with Gasteiger partial charge in [0.15, 0.2) is 0 Å². The maximum atomic E-state index is 11.7. The second-order valence-electron chi connectivity index (χ2n) is 7.16. The molecule has 0 aliphatic rings. The summed E-state index contributed by atoms with van der Waals surface area (Å²) in [6.45, 7) is 12.7. The fraction of sp³-hybridized carbons (Fsp3) is 0.632. The fourth-order valence-corrected chi connectivity index (χ4v) is 2.35. The Labute approximate surface area is 141 Å². The second kappa shape index (κ2) is 8.92. The molecule has 0 fully saturated rings. The summed E-state index contributed by atoms with van der Waals surface area (Å²) in [6.07, 6.45) is 1.55. The second-order valence-corrected chi connectivity index (χ2v) is 7.16. The molecule has 1 amide bonds. The number of nitrogens with one attached hydrogen (secondary N) is 2. The van der Waals surface area contributed by atoms with E-state index in [2.05, 4.69) is 48.7 Å². The predicted octanol–water partition coefficient (Wildman–Crippen LogP) is 4.34. The van der Waals surface area contributed by atoms with E-state index in [1.165, 1.54) is 11.1 Å². The molecule has 0 aromatic heterocycles. The van der Waals surface area contributed by atoms with Crippen molar-refractivity contribution in [2.75, 3.05) is 6.54 Å². The van der Waals surface area contributed by atoms with E-state index >= 15 is 0 Å². The Morgan fingerprint density at radius 3 is 2.35 bits per heavy atom. The van der Waals surface area contributed by atoms with Gasteiger partial charge in [-0.3, -0.25) is 0 Å². The molecule has 0 saturated heterocycles. The topological polar surface area (TPSA) is 50.4 Å². The Hall–Kier alpha value is -1.55. The minimum absolute atomic E-state index is 0.0767. The fourth-order valence-electron chi connectivity index (χ4n) is 2.35. The molecule has 2 atom stereocenters. The molecule has 1 aromatic rings. The first-order chi connectivity index (χ1) is 10.7. The van der Waals surface area contributed by atoms with Gasteiger partial charge in [-0.15, -0.1) is 0 Å². The van der Waals surface area contributed by atoms with Gasteiger partial charge in [0.05, 0.1) is 0 Å². The lowest BCUT2D eigenvalue weighted by Crippen LogP contribution is -2.39. The normalized spacial score (nSPS) is 14.2. The van der Waals surface area contributed by atoms with Crippen LogP contribution in [0.1, 0.15) is 64.6 Å². The molecule has 0 spiro atoms. The Kier molecular flexibility index (Phi) is 7.56. The average molecular weight is 320 g/mol. The van der Waals surface area contributed by atoms with Gasteiger partial charge in [-0.1, -0.05) is 36.8 Å². The molecule has 0 radical (unpaired) electrons. The highest BCUT2D eigenvalue weighted by atomic mass is 16.6. The van der Waals surface area contributed by atoms with Crippen LogP contribution in [-0.2, 0) is 4.74 Å². The van der Waals surface area contributed by atoms with Crippen molar-refractivity contribution in [1.82, 2.24) is 10.6 Å². The lowest BCUT2D eigenvalue weighted by molar-refractivity contribution is 0.0506. The van der Waals surface area contributed by atoms with Crippen LogP contribution in [0, 0.1) is 6.92 Å². The third kappa shape index (κ3) is 8.03. The van der Waals surface area contributed by atoms with Gasteiger partial charge in [0, 0.05) is 12.1 Å². The predicted molar refractivity (Wildman–Crippen MR) is 95.7 cm³/mol. The summed E-state index contributed by atoms with van der Waals surface area (Å²) >= 11 is 0. The number of ether oxygens (including phenoxy) is 1. The molecule has 0 aliphatic carbocycles. The molecule has 1 rings (SSSR count). The lowest BCUT2D eigenvalue weighted by Gasteiger charge is -2.23. The number of carbonyl (C=O) groups is 1. The zero-order chi connectivity index (χ0) is 17.5. The minimum Gasteiger partial charge on any atom is -0.444 e. The summed E-state index contributed by atoms with van der Waals surface area (Å²) in [5, 5.41) is 6.44. The van der Waals surface area contributed by atoms with Crippen LogP contribution in [0.5, 0.6) is 0 Å². The zero-order valence-corrected chi connectivity index (χ0v) is 15.4. The van der Waals surface area contributed by atoms with E-state index in [1.54, 1.807) is 0 Å². The highest BCUT2D eigenvalue weighted by Gasteiger charge is 2.17. The number of amides is 1. The van der Waals surface area contributed by atoms with Gasteiger partial charge >= 0.3 is 6.09 Å². The third-order valence-corrected chi connectivity index (χ3v) is 3.62. The Morgan fingerprint density at radius 2 is 1.83 bits per heavy atom. The first kappa shape index (κ1) is 19.5. The number of aryl methyl sites for hydroxylation is 1.